The summed E-state index contributed by atoms with van der Waals surface area (Å²) in [4.78, 5) is 27.5. The molecule has 1 atom stereocenters. The second kappa shape index (κ2) is 8.38. The number of amides is 1. The van der Waals surface area contributed by atoms with Crippen LogP contribution in [0.4, 0.5) is 5.69 Å². The Morgan fingerprint density at radius 2 is 1.77 bits per heavy atom. The maximum Gasteiger partial charge on any atom is 0.240 e. The molecule has 0 spiro atoms. The van der Waals surface area contributed by atoms with E-state index in [1.54, 1.807) is 29.2 Å². The fourth-order valence-electron chi connectivity index (χ4n) is 3.07. The molecule has 0 bridgehead atoms. The predicted octanol–water partition coefficient (Wildman–Crippen LogP) is 2.76. The van der Waals surface area contributed by atoms with Crippen molar-refractivity contribution in [2.75, 3.05) is 38.3 Å². The van der Waals surface area contributed by atoms with Gasteiger partial charge in [-0.25, -0.2) is 0 Å². The number of rotatable bonds is 5. The molecule has 1 unspecified atom stereocenters. The first-order valence-corrected chi connectivity index (χ1v) is 9.79. The zero-order chi connectivity index (χ0) is 18.5. The van der Waals surface area contributed by atoms with Crippen molar-refractivity contribution in [1.82, 2.24) is 4.90 Å². The Kier molecular flexibility index (Phi) is 5.96. The first kappa shape index (κ1) is 18.5. The summed E-state index contributed by atoms with van der Waals surface area (Å²) in [5.74, 6) is -0.125. The van der Waals surface area contributed by atoms with E-state index in [1.165, 1.54) is 11.8 Å². The van der Waals surface area contributed by atoms with Crippen LogP contribution in [0, 0.1) is 0 Å². The third kappa shape index (κ3) is 3.76. The minimum absolute atomic E-state index is 0.0109. The number of hydrogen-bond acceptors (Lipinski definition) is 5. The van der Waals surface area contributed by atoms with E-state index in [4.69, 9.17) is 10.5 Å². The van der Waals surface area contributed by atoms with Crippen molar-refractivity contribution in [1.29, 1.82) is 0 Å². The molecule has 5 nitrogen and oxygen atoms in total. The number of carbonyl (C=O) groups is 2. The highest BCUT2D eigenvalue weighted by Crippen LogP contribution is 2.35. The van der Waals surface area contributed by atoms with Gasteiger partial charge in [0.25, 0.3) is 0 Å². The van der Waals surface area contributed by atoms with Crippen LogP contribution < -0.4 is 5.73 Å². The SMILES string of the molecule is CSC(C(=O)N1CCOCC1)c1cccc(C(=O)c2ccccc2)c1N. The number of benzene rings is 2. The van der Waals surface area contributed by atoms with E-state index >= 15 is 0 Å². The predicted molar refractivity (Wildman–Crippen MR) is 104 cm³/mol. The first-order valence-electron chi connectivity index (χ1n) is 8.51. The molecule has 1 saturated heterocycles. The minimum Gasteiger partial charge on any atom is -0.398 e. The summed E-state index contributed by atoms with van der Waals surface area (Å²) in [5.41, 5.74) is 8.42. The Bertz CT molecular complexity index is 789. The van der Waals surface area contributed by atoms with Gasteiger partial charge < -0.3 is 15.4 Å². The number of morpholine rings is 1. The number of ketones is 1. The normalized spacial score (nSPS) is 15.5. The van der Waals surface area contributed by atoms with Crippen LogP contribution in [0.25, 0.3) is 0 Å². The van der Waals surface area contributed by atoms with Crippen molar-refractivity contribution in [3.05, 3.63) is 65.2 Å². The van der Waals surface area contributed by atoms with Gasteiger partial charge in [0.1, 0.15) is 5.25 Å². The van der Waals surface area contributed by atoms with Crippen LogP contribution in [0.5, 0.6) is 0 Å². The quantitative estimate of drug-likeness (QED) is 0.647. The number of hydrogen-bond donors (Lipinski definition) is 1. The lowest BCUT2D eigenvalue weighted by Crippen LogP contribution is -2.42. The Hall–Kier alpha value is -2.31. The van der Waals surface area contributed by atoms with Crippen molar-refractivity contribution in [3.8, 4) is 0 Å². The zero-order valence-corrected chi connectivity index (χ0v) is 15.5. The Morgan fingerprint density at radius 1 is 1.08 bits per heavy atom. The van der Waals surface area contributed by atoms with Crippen LogP contribution in [0.2, 0.25) is 0 Å². The third-order valence-electron chi connectivity index (χ3n) is 4.49. The third-order valence-corrected chi connectivity index (χ3v) is 5.41. The Labute approximate surface area is 157 Å². The van der Waals surface area contributed by atoms with E-state index in [-0.39, 0.29) is 11.7 Å². The molecule has 1 aliphatic heterocycles. The molecular weight excluding hydrogens is 348 g/mol. The Balaban J connectivity index is 1.92. The van der Waals surface area contributed by atoms with E-state index < -0.39 is 5.25 Å². The molecule has 1 aliphatic rings. The largest absolute Gasteiger partial charge is 0.398 e. The molecule has 1 fully saturated rings. The first-order chi connectivity index (χ1) is 12.6. The summed E-state index contributed by atoms with van der Waals surface area (Å²) in [6, 6.07) is 14.4. The summed E-state index contributed by atoms with van der Waals surface area (Å²) in [7, 11) is 0. The highest BCUT2D eigenvalue weighted by molar-refractivity contribution is 7.99. The fourth-order valence-corrected chi connectivity index (χ4v) is 3.88. The van der Waals surface area contributed by atoms with Crippen molar-refractivity contribution >= 4 is 29.1 Å². The number of thioether (sulfide) groups is 1. The molecule has 0 aliphatic carbocycles. The number of carbonyl (C=O) groups excluding carboxylic acids is 2. The van der Waals surface area contributed by atoms with Crippen LogP contribution in [-0.2, 0) is 9.53 Å². The van der Waals surface area contributed by atoms with E-state index in [0.29, 0.717) is 48.7 Å². The smallest absolute Gasteiger partial charge is 0.240 e. The highest BCUT2D eigenvalue weighted by atomic mass is 32.2. The number of nitrogen functional groups attached to an aromatic ring is 1. The molecule has 2 N–H and O–H groups in total. The molecule has 0 saturated carbocycles. The lowest BCUT2D eigenvalue weighted by molar-refractivity contribution is -0.134. The van der Waals surface area contributed by atoms with Gasteiger partial charge in [0.2, 0.25) is 5.91 Å². The van der Waals surface area contributed by atoms with E-state index in [1.807, 2.05) is 30.5 Å². The van der Waals surface area contributed by atoms with Crippen molar-refractivity contribution in [2.24, 2.45) is 0 Å². The molecule has 2 aromatic rings. The molecular formula is C20H22N2O3S. The number of nitrogens with zero attached hydrogens (tertiary/aromatic N) is 1. The molecule has 6 heteroatoms. The highest BCUT2D eigenvalue weighted by Gasteiger charge is 2.29. The molecule has 1 amide bonds. The van der Waals surface area contributed by atoms with Crippen LogP contribution in [0.1, 0.15) is 26.7 Å². The van der Waals surface area contributed by atoms with Gasteiger partial charge in [-0.1, -0.05) is 42.5 Å². The maximum absolute atomic E-state index is 12.9. The minimum atomic E-state index is -0.434. The topological polar surface area (TPSA) is 72.6 Å². The van der Waals surface area contributed by atoms with Gasteiger partial charge in [-0.05, 0) is 17.9 Å². The number of nitrogens with two attached hydrogens (primary N) is 1. The van der Waals surface area contributed by atoms with Gasteiger partial charge >= 0.3 is 0 Å². The van der Waals surface area contributed by atoms with Gasteiger partial charge in [0, 0.05) is 29.9 Å². The van der Waals surface area contributed by atoms with E-state index in [2.05, 4.69) is 0 Å². The fraction of sp³-hybridized carbons (Fsp3) is 0.300. The summed E-state index contributed by atoms with van der Waals surface area (Å²) in [6.07, 6.45) is 1.88. The standard InChI is InChI=1S/C20H22N2O3S/c1-26-19(20(24)22-10-12-25-13-11-22)16-9-5-8-15(17(16)21)18(23)14-6-3-2-4-7-14/h2-9,19H,10-13,21H2,1H3. The van der Waals surface area contributed by atoms with E-state index in [9.17, 15) is 9.59 Å². The van der Waals surface area contributed by atoms with Gasteiger partial charge in [-0.15, -0.1) is 11.8 Å². The van der Waals surface area contributed by atoms with Crippen LogP contribution in [0.3, 0.4) is 0 Å². The molecule has 0 radical (unpaired) electrons. The molecule has 0 aromatic heterocycles. The van der Waals surface area contributed by atoms with Gasteiger partial charge in [0.15, 0.2) is 5.78 Å². The summed E-state index contributed by atoms with van der Waals surface area (Å²) in [6.45, 7) is 2.26. The zero-order valence-electron chi connectivity index (χ0n) is 14.7. The van der Waals surface area contributed by atoms with Crippen molar-refractivity contribution in [3.63, 3.8) is 0 Å². The summed E-state index contributed by atoms with van der Waals surface area (Å²) in [5, 5.41) is -0.434. The average molecular weight is 370 g/mol. The number of para-hydroxylation sites is 1. The lowest BCUT2D eigenvalue weighted by atomic mass is 9.97. The Morgan fingerprint density at radius 3 is 2.42 bits per heavy atom. The molecule has 3 rings (SSSR count). The molecule has 136 valence electrons. The monoisotopic (exact) mass is 370 g/mol. The van der Waals surface area contributed by atoms with Crippen molar-refractivity contribution < 1.29 is 14.3 Å². The maximum atomic E-state index is 12.9. The van der Waals surface area contributed by atoms with Crippen LogP contribution >= 0.6 is 11.8 Å². The van der Waals surface area contributed by atoms with Crippen LogP contribution in [-0.4, -0.2) is 49.1 Å². The van der Waals surface area contributed by atoms with E-state index in [0.717, 1.165) is 0 Å². The van der Waals surface area contributed by atoms with Gasteiger partial charge in [-0.3, -0.25) is 9.59 Å². The number of anilines is 1. The second-order valence-electron chi connectivity index (χ2n) is 6.06. The number of ether oxygens (including phenoxy) is 1. The summed E-state index contributed by atoms with van der Waals surface area (Å²) < 4.78 is 5.32. The van der Waals surface area contributed by atoms with Crippen molar-refractivity contribution in [2.45, 2.75) is 5.25 Å². The second-order valence-corrected chi connectivity index (χ2v) is 7.00. The molecule has 1 heterocycles. The lowest BCUT2D eigenvalue weighted by Gasteiger charge is -2.30. The summed E-state index contributed by atoms with van der Waals surface area (Å²) >= 11 is 1.43. The molecule has 2 aromatic carbocycles. The molecule has 26 heavy (non-hydrogen) atoms. The van der Waals surface area contributed by atoms with Gasteiger partial charge in [0.05, 0.1) is 13.2 Å². The van der Waals surface area contributed by atoms with Crippen LogP contribution in [0.15, 0.2) is 48.5 Å². The van der Waals surface area contributed by atoms with Gasteiger partial charge in [-0.2, -0.15) is 0 Å². The average Bonchev–Trinajstić information content (AvgIpc) is 2.70.